The number of carbonyl (C=O) groups excluding carboxylic acids is 1. The van der Waals surface area contributed by atoms with E-state index < -0.39 is 5.97 Å². The van der Waals surface area contributed by atoms with E-state index in [1.54, 1.807) is 24.4 Å². The highest BCUT2D eigenvalue weighted by molar-refractivity contribution is 6.35. The molecular weight excluding hydrogens is 332 g/mol. The molecular formula is C17H19ClN2O4. The molecule has 0 unspecified atom stereocenters. The maximum atomic E-state index is 12.3. The average molecular weight is 351 g/mol. The third-order valence-electron chi connectivity index (χ3n) is 3.54. The molecule has 1 heterocycles. The number of hydrogen-bond acceptors (Lipinski definition) is 4. The normalized spacial score (nSPS) is 10.8. The molecule has 1 amide bonds. The van der Waals surface area contributed by atoms with Gasteiger partial charge in [0.25, 0.3) is 5.91 Å². The van der Waals surface area contributed by atoms with Gasteiger partial charge in [-0.25, -0.2) is 0 Å². The number of ether oxygens (including phenoxy) is 1. The Balaban J connectivity index is 2.10. The first-order valence-corrected chi connectivity index (χ1v) is 7.95. The van der Waals surface area contributed by atoms with Gasteiger partial charge in [0.1, 0.15) is 11.3 Å². The van der Waals surface area contributed by atoms with Crippen molar-refractivity contribution in [2.45, 2.75) is 26.3 Å². The maximum absolute atomic E-state index is 12.3. The first-order chi connectivity index (χ1) is 11.4. The summed E-state index contributed by atoms with van der Waals surface area (Å²) in [5.74, 6) is -0.752. The quantitative estimate of drug-likeness (QED) is 0.830. The second kappa shape index (κ2) is 7.97. The van der Waals surface area contributed by atoms with Gasteiger partial charge < -0.3 is 14.7 Å². The lowest BCUT2D eigenvalue weighted by Crippen LogP contribution is -2.41. The molecule has 128 valence electrons. The summed E-state index contributed by atoms with van der Waals surface area (Å²) in [6.45, 7) is 3.62. The minimum atomic E-state index is -0.942. The molecule has 0 bridgehead atoms. The van der Waals surface area contributed by atoms with E-state index in [2.05, 4.69) is 4.98 Å². The van der Waals surface area contributed by atoms with Crippen LogP contribution in [0, 0.1) is 0 Å². The molecule has 1 aromatic carbocycles. The molecule has 0 aliphatic carbocycles. The predicted octanol–water partition coefficient (Wildman–Crippen LogP) is 2.98. The number of amides is 1. The lowest BCUT2D eigenvalue weighted by atomic mass is 10.2. The fraction of sp³-hybridized carbons (Fsp3) is 0.353. The topological polar surface area (TPSA) is 79.7 Å². The predicted molar refractivity (Wildman–Crippen MR) is 91.3 cm³/mol. The highest BCUT2D eigenvalue weighted by atomic mass is 35.5. The van der Waals surface area contributed by atoms with Crippen LogP contribution in [0.5, 0.6) is 5.75 Å². The van der Waals surface area contributed by atoms with Crippen molar-refractivity contribution in [1.82, 2.24) is 9.88 Å². The molecule has 7 heteroatoms. The van der Waals surface area contributed by atoms with Crippen LogP contribution in [0.15, 0.2) is 30.5 Å². The lowest BCUT2D eigenvalue weighted by Gasteiger charge is -2.26. The van der Waals surface area contributed by atoms with Crippen molar-refractivity contribution in [2.75, 3.05) is 13.2 Å². The third-order valence-corrected chi connectivity index (χ3v) is 3.87. The second-order valence-electron chi connectivity index (χ2n) is 5.56. The van der Waals surface area contributed by atoms with Gasteiger partial charge in [0.15, 0.2) is 6.61 Å². The Morgan fingerprint density at radius 3 is 2.75 bits per heavy atom. The molecule has 2 rings (SSSR count). The number of aromatic nitrogens is 1. The van der Waals surface area contributed by atoms with Crippen molar-refractivity contribution in [3.8, 4) is 5.75 Å². The Hall–Kier alpha value is -2.34. The van der Waals surface area contributed by atoms with Gasteiger partial charge in [-0.2, -0.15) is 0 Å². The largest absolute Gasteiger partial charge is 0.481 e. The molecule has 0 spiro atoms. The highest BCUT2D eigenvalue weighted by Gasteiger charge is 2.19. The minimum absolute atomic E-state index is 0.102. The van der Waals surface area contributed by atoms with E-state index in [4.69, 9.17) is 21.4 Å². The van der Waals surface area contributed by atoms with Crippen molar-refractivity contribution in [1.29, 1.82) is 0 Å². The summed E-state index contributed by atoms with van der Waals surface area (Å²) in [5, 5.41) is 10.1. The molecule has 1 aromatic heterocycles. The molecule has 0 aliphatic heterocycles. The van der Waals surface area contributed by atoms with Gasteiger partial charge in [-0.1, -0.05) is 11.6 Å². The first-order valence-electron chi connectivity index (χ1n) is 7.57. The van der Waals surface area contributed by atoms with Crippen LogP contribution in [0.25, 0.3) is 10.9 Å². The van der Waals surface area contributed by atoms with E-state index in [1.807, 2.05) is 19.9 Å². The van der Waals surface area contributed by atoms with Crippen molar-refractivity contribution in [2.24, 2.45) is 0 Å². The van der Waals surface area contributed by atoms with Crippen LogP contribution in [0.1, 0.15) is 20.3 Å². The van der Waals surface area contributed by atoms with Crippen LogP contribution in [0.3, 0.4) is 0 Å². The fourth-order valence-corrected chi connectivity index (χ4v) is 2.55. The number of hydrogen-bond donors (Lipinski definition) is 1. The molecule has 0 aliphatic rings. The Morgan fingerprint density at radius 2 is 2.08 bits per heavy atom. The number of carboxylic acids is 1. The van der Waals surface area contributed by atoms with Crippen molar-refractivity contribution in [3.63, 3.8) is 0 Å². The van der Waals surface area contributed by atoms with E-state index in [-0.39, 0.29) is 31.5 Å². The number of carbonyl (C=O) groups is 2. The summed E-state index contributed by atoms with van der Waals surface area (Å²) >= 11 is 6.13. The van der Waals surface area contributed by atoms with Crippen LogP contribution in [0.4, 0.5) is 0 Å². The van der Waals surface area contributed by atoms with E-state index in [0.717, 1.165) is 5.39 Å². The van der Waals surface area contributed by atoms with Crippen molar-refractivity contribution in [3.05, 3.63) is 35.5 Å². The van der Waals surface area contributed by atoms with Crippen molar-refractivity contribution < 1.29 is 19.4 Å². The molecule has 0 radical (unpaired) electrons. The Labute approximate surface area is 145 Å². The zero-order chi connectivity index (χ0) is 17.7. The molecule has 0 saturated carbocycles. The zero-order valence-electron chi connectivity index (χ0n) is 13.5. The summed E-state index contributed by atoms with van der Waals surface area (Å²) in [4.78, 5) is 28.8. The smallest absolute Gasteiger partial charge is 0.305 e. The molecule has 24 heavy (non-hydrogen) atoms. The van der Waals surface area contributed by atoms with Gasteiger partial charge in [0.2, 0.25) is 0 Å². The van der Waals surface area contributed by atoms with Gasteiger partial charge in [-0.3, -0.25) is 14.6 Å². The van der Waals surface area contributed by atoms with Crippen LogP contribution >= 0.6 is 11.6 Å². The first kappa shape index (κ1) is 18.0. The molecule has 2 aromatic rings. The standard InChI is InChI=1S/C17H19ClN2O4/c1-11(2)20(9-7-16(22)23)15(21)10-24-14-6-5-13(18)12-4-3-8-19-17(12)14/h3-6,8,11H,7,9-10H2,1-2H3,(H,22,23). The average Bonchev–Trinajstić information content (AvgIpc) is 2.54. The summed E-state index contributed by atoms with van der Waals surface area (Å²) in [5.41, 5.74) is 0.583. The van der Waals surface area contributed by atoms with Crippen LogP contribution < -0.4 is 4.74 Å². The second-order valence-corrected chi connectivity index (χ2v) is 5.97. The third kappa shape index (κ3) is 4.35. The van der Waals surface area contributed by atoms with E-state index in [0.29, 0.717) is 16.3 Å². The van der Waals surface area contributed by atoms with Crippen molar-refractivity contribution >= 4 is 34.4 Å². The van der Waals surface area contributed by atoms with Gasteiger partial charge in [-0.15, -0.1) is 0 Å². The Morgan fingerprint density at radius 1 is 1.33 bits per heavy atom. The maximum Gasteiger partial charge on any atom is 0.305 e. The number of halogens is 1. The SMILES string of the molecule is CC(C)N(CCC(=O)O)C(=O)COc1ccc(Cl)c2cccnc12. The summed E-state index contributed by atoms with van der Waals surface area (Å²) < 4.78 is 5.61. The van der Waals surface area contributed by atoms with Crippen LogP contribution in [-0.2, 0) is 9.59 Å². The van der Waals surface area contributed by atoms with Gasteiger partial charge in [0.05, 0.1) is 11.4 Å². The summed E-state index contributed by atoms with van der Waals surface area (Å²) in [7, 11) is 0. The number of nitrogens with zero attached hydrogens (tertiary/aromatic N) is 2. The van der Waals surface area contributed by atoms with E-state index in [1.165, 1.54) is 4.90 Å². The number of aliphatic carboxylic acids is 1. The molecule has 1 N–H and O–H groups in total. The molecule has 6 nitrogen and oxygen atoms in total. The van der Waals surface area contributed by atoms with Crippen LogP contribution in [0.2, 0.25) is 5.02 Å². The molecule has 0 fully saturated rings. The van der Waals surface area contributed by atoms with Gasteiger partial charge in [0, 0.05) is 24.2 Å². The van der Waals surface area contributed by atoms with Gasteiger partial charge in [-0.05, 0) is 38.1 Å². The Kier molecular flexibility index (Phi) is 5.98. The zero-order valence-corrected chi connectivity index (χ0v) is 14.3. The lowest BCUT2D eigenvalue weighted by molar-refractivity contribution is -0.139. The summed E-state index contributed by atoms with van der Waals surface area (Å²) in [6.07, 6.45) is 1.52. The molecule has 0 saturated heterocycles. The minimum Gasteiger partial charge on any atom is -0.481 e. The van der Waals surface area contributed by atoms with E-state index >= 15 is 0 Å². The number of rotatable bonds is 7. The monoisotopic (exact) mass is 350 g/mol. The number of fused-ring (bicyclic) bond motifs is 1. The number of carboxylic acid groups (broad SMARTS) is 1. The van der Waals surface area contributed by atoms with Crippen LogP contribution in [-0.4, -0.2) is 46.1 Å². The number of pyridine rings is 1. The van der Waals surface area contributed by atoms with E-state index in [9.17, 15) is 9.59 Å². The number of benzene rings is 1. The highest BCUT2D eigenvalue weighted by Crippen LogP contribution is 2.29. The molecule has 0 atom stereocenters. The fourth-order valence-electron chi connectivity index (χ4n) is 2.34. The van der Waals surface area contributed by atoms with Gasteiger partial charge >= 0.3 is 5.97 Å². The summed E-state index contributed by atoms with van der Waals surface area (Å²) in [6, 6.07) is 6.85. The Bertz CT molecular complexity index is 748.